The van der Waals surface area contributed by atoms with Crippen molar-refractivity contribution in [3.63, 3.8) is 0 Å². The van der Waals surface area contributed by atoms with Gasteiger partial charge in [0.1, 0.15) is 17.2 Å². The van der Waals surface area contributed by atoms with Gasteiger partial charge in [-0.2, -0.15) is 0 Å². The van der Waals surface area contributed by atoms with Gasteiger partial charge in [-0.15, -0.1) is 11.8 Å². The van der Waals surface area contributed by atoms with E-state index >= 15 is 0 Å². The molecule has 0 saturated carbocycles. The molecule has 23 heavy (non-hydrogen) atoms. The van der Waals surface area contributed by atoms with Crippen LogP contribution < -0.4 is 0 Å². The quantitative estimate of drug-likeness (QED) is 0.938. The molecule has 1 heterocycles. The number of hydrogen-bond donors (Lipinski definition) is 1. The molecule has 1 aliphatic heterocycles. The van der Waals surface area contributed by atoms with E-state index in [9.17, 15) is 19.1 Å². The molecule has 2 unspecified atom stereocenters. The number of nitrogens with zero attached hydrogens (tertiary/aromatic N) is 1. The fourth-order valence-electron chi connectivity index (χ4n) is 2.59. The van der Waals surface area contributed by atoms with Crippen molar-refractivity contribution in [2.24, 2.45) is 0 Å². The van der Waals surface area contributed by atoms with Gasteiger partial charge in [-0.25, -0.2) is 9.18 Å². The van der Waals surface area contributed by atoms with Crippen LogP contribution in [0.5, 0.6) is 0 Å². The van der Waals surface area contributed by atoms with Crippen LogP contribution >= 0.6 is 11.8 Å². The van der Waals surface area contributed by atoms with Crippen molar-refractivity contribution in [2.75, 3.05) is 5.75 Å². The van der Waals surface area contributed by atoms with Crippen molar-refractivity contribution in [3.8, 4) is 0 Å². The van der Waals surface area contributed by atoms with Crippen LogP contribution in [0.25, 0.3) is 0 Å². The van der Waals surface area contributed by atoms with Crippen LogP contribution in [-0.4, -0.2) is 33.7 Å². The monoisotopic (exact) mass is 331 g/mol. The summed E-state index contributed by atoms with van der Waals surface area (Å²) in [5, 5.41) is 9.02. The SMILES string of the molecule is O=C(O)C1CSC(c2ccccc2)N1C(=O)c1cccc(F)c1. The number of thioether (sulfide) groups is 1. The van der Waals surface area contributed by atoms with Crippen LogP contribution in [-0.2, 0) is 4.79 Å². The molecular weight excluding hydrogens is 317 g/mol. The molecule has 1 aliphatic rings. The minimum absolute atomic E-state index is 0.152. The minimum Gasteiger partial charge on any atom is -0.480 e. The van der Waals surface area contributed by atoms with Crippen LogP contribution in [0.3, 0.4) is 0 Å². The Morgan fingerprint density at radius 3 is 2.52 bits per heavy atom. The van der Waals surface area contributed by atoms with Gasteiger partial charge in [0.15, 0.2) is 0 Å². The Labute approximate surface area is 136 Å². The normalized spacial score (nSPS) is 20.5. The smallest absolute Gasteiger partial charge is 0.327 e. The predicted molar refractivity (Wildman–Crippen MR) is 85.6 cm³/mol. The van der Waals surface area contributed by atoms with E-state index in [1.54, 1.807) is 0 Å². The van der Waals surface area contributed by atoms with Gasteiger partial charge >= 0.3 is 5.97 Å². The molecule has 0 aliphatic carbocycles. The lowest BCUT2D eigenvalue weighted by molar-refractivity contribution is -0.141. The number of hydrogen-bond acceptors (Lipinski definition) is 3. The maximum atomic E-state index is 13.4. The zero-order valence-corrected chi connectivity index (χ0v) is 12.9. The van der Waals surface area contributed by atoms with Crippen molar-refractivity contribution in [3.05, 3.63) is 71.5 Å². The van der Waals surface area contributed by atoms with Gasteiger partial charge < -0.3 is 10.0 Å². The van der Waals surface area contributed by atoms with Crippen molar-refractivity contribution >= 4 is 23.6 Å². The molecule has 118 valence electrons. The number of benzene rings is 2. The summed E-state index contributed by atoms with van der Waals surface area (Å²) in [5.41, 5.74) is 1.01. The van der Waals surface area contributed by atoms with E-state index in [1.807, 2.05) is 30.3 Å². The number of rotatable bonds is 3. The third kappa shape index (κ3) is 3.07. The van der Waals surface area contributed by atoms with Gasteiger partial charge in [-0.3, -0.25) is 4.79 Å². The van der Waals surface area contributed by atoms with Crippen molar-refractivity contribution in [1.29, 1.82) is 0 Å². The number of carbonyl (C=O) groups is 2. The van der Waals surface area contributed by atoms with E-state index in [2.05, 4.69) is 0 Å². The van der Waals surface area contributed by atoms with Gasteiger partial charge in [0.2, 0.25) is 0 Å². The van der Waals surface area contributed by atoms with Crippen LogP contribution in [0.15, 0.2) is 54.6 Å². The average molecular weight is 331 g/mol. The highest BCUT2D eigenvalue weighted by molar-refractivity contribution is 7.99. The first kappa shape index (κ1) is 15.6. The molecule has 0 aromatic heterocycles. The number of carboxylic acid groups (broad SMARTS) is 1. The largest absolute Gasteiger partial charge is 0.480 e. The van der Waals surface area contributed by atoms with E-state index in [-0.39, 0.29) is 5.56 Å². The second kappa shape index (κ2) is 6.42. The van der Waals surface area contributed by atoms with E-state index < -0.39 is 29.1 Å². The molecule has 0 bridgehead atoms. The second-order valence-electron chi connectivity index (χ2n) is 5.17. The molecule has 1 fully saturated rings. The Kier molecular flexibility index (Phi) is 4.34. The Morgan fingerprint density at radius 1 is 1.13 bits per heavy atom. The highest BCUT2D eigenvalue weighted by atomic mass is 32.2. The lowest BCUT2D eigenvalue weighted by Gasteiger charge is -2.27. The molecule has 6 heteroatoms. The van der Waals surface area contributed by atoms with Gasteiger partial charge in [0.05, 0.1) is 0 Å². The first-order valence-electron chi connectivity index (χ1n) is 7.05. The molecule has 1 saturated heterocycles. The fraction of sp³-hybridized carbons (Fsp3) is 0.176. The highest BCUT2D eigenvalue weighted by Crippen LogP contribution is 2.42. The highest BCUT2D eigenvalue weighted by Gasteiger charge is 2.42. The average Bonchev–Trinajstić information content (AvgIpc) is 3.00. The summed E-state index contributed by atoms with van der Waals surface area (Å²) in [6, 6.07) is 13.6. The van der Waals surface area contributed by atoms with Crippen LogP contribution in [0.4, 0.5) is 4.39 Å². The summed E-state index contributed by atoms with van der Waals surface area (Å²) in [5.74, 6) is -1.75. The molecule has 2 aromatic rings. The third-order valence-electron chi connectivity index (χ3n) is 3.68. The van der Waals surface area contributed by atoms with E-state index in [0.717, 1.165) is 11.6 Å². The summed E-state index contributed by atoms with van der Waals surface area (Å²) in [7, 11) is 0. The Bertz CT molecular complexity index is 738. The van der Waals surface area contributed by atoms with Gasteiger partial charge in [0.25, 0.3) is 5.91 Å². The molecule has 0 radical (unpaired) electrons. The Morgan fingerprint density at radius 2 is 1.87 bits per heavy atom. The maximum absolute atomic E-state index is 13.4. The van der Waals surface area contributed by atoms with Crippen LogP contribution in [0.2, 0.25) is 0 Å². The number of amides is 1. The molecule has 2 atom stereocenters. The Hall–Kier alpha value is -2.34. The third-order valence-corrected chi connectivity index (χ3v) is 5.00. The number of carboxylic acids is 1. The predicted octanol–water partition coefficient (Wildman–Crippen LogP) is 3.17. The topological polar surface area (TPSA) is 57.6 Å². The Balaban J connectivity index is 1.99. The second-order valence-corrected chi connectivity index (χ2v) is 6.29. The van der Waals surface area contributed by atoms with Crippen molar-refractivity contribution < 1.29 is 19.1 Å². The molecule has 0 spiro atoms. The number of carbonyl (C=O) groups excluding carboxylic acids is 1. The van der Waals surface area contributed by atoms with Gasteiger partial charge in [-0.05, 0) is 23.8 Å². The first-order valence-corrected chi connectivity index (χ1v) is 8.10. The van der Waals surface area contributed by atoms with Gasteiger partial charge in [0, 0.05) is 11.3 Å². The summed E-state index contributed by atoms with van der Waals surface area (Å²) >= 11 is 1.40. The summed E-state index contributed by atoms with van der Waals surface area (Å²) in [6.07, 6.45) is 0. The van der Waals surface area contributed by atoms with E-state index in [4.69, 9.17) is 0 Å². The zero-order valence-electron chi connectivity index (χ0n) is 12.1. The lowest BCUT2D eigenvalue weighted by atomic mass is 10.1. The molecule has 1 N–H and O–H groups in total. The molecule has 4 nitrogen and oxygen atoms in total. The lowest BCUT2D eigenvalue weighted by Crippen LogP contribution is -2.43. The standard InChI is InChI=1S/C17H14FNO3S/c18-13-8-4-7-12(9-13)15(20)19-14(17(21)22)10-23-16(19)11-5-2-1-3-6-11/h1-9,14,16H,10H2,(H,21,22). The van der Waals surface area contributed by atoms with E-state index in [0.29, 0.717) is 5.75 Å². The summed E-state index contributed by atoms with van der Waals surface area (Å²) in [6.45, 7) is 0. The molecule has 3 rings (SSSR count). The number of halogens is 1. The first-order chi connectivity index (χ1) is 11.1. The van der Waals surface area contributed by atoms with Crippen LogP contribution in [0, 0.1) is 5.82 Å². The molecule has 1 amide bonds. The number of aliphatic carboxylic acids is 1. The van der Waals surface area contributed by atoms with Crippen molar-refractivity contribution in [2.45, 2.75) is 11.4 Å². The maximum Gasteiger partial charge on any atom is 0.327 e. The molecule has 2 aromatic carbocycles. The fourth-order valence-corrected chi connectivity index (χ4v) is 4.01. The summed E-state index contributed by atoms with van der Waals surface area (Å²) in [4.78, 5) is 25.6. The zero-order chi connectivity index (χ0) is 16.4. The molecular formula is C17H14FNO3S. The summed E-state index contributed by atoms with van der Waals surface area (Å²) < 4.78 is 13.4. The van der Waals surface area contributed by atoms with E-state index in [1.165, 1.54) is 34.9 Å². The van der Waals surface area contributed by atoms with Crippen molar-refractivity contribution in [1.82, 2.24) is 4.90 Å². The van der Waals surface area contributed by atoms with Gasteiger partial charge in [-0.1, -0.05) is 36.4 Å². The minimum atomic E-state index is -1.05. The van der Waals surface area contributed by atoms with Crippen LogP contribution in [0.1, 0.15) is 21.3 Å².